The Hall–Kier alpha value is -5.30. The van der Waals surface area contributed by atoms with E-state index >= 15 is 0 Å². The molecular formula is C26H22F8N8O4. The van der Waals surface area contributed by atoms with E-state index in [2.05, 4.69) is 40.7 Å². The lowest BCUT2D eigenvalue weighted by Crippen LogP contribution is -2.24. The summed E-state index contributed by atoms with van der Waals surface area (Å²) >= 11 is 0. The zero-order valence-corrected chi connectivity index (χ0v) is 23.1. The zero-order chi connectivity index (χ0) is 33.5. The molecule has 2 amide bonds. The number of amides is 2. The number of ether oxygens (including phenoxy) is 2. The zero-order valence-electron chi connectivity index (χ0n) is 23.1. The largest absolute Gasteiger partial charge is 0.573 e. The van der Waals surface area contributed by atoms with Crippen LogP contribution in [0.3, 0.4) is 0 Å². The van der Waals surface area contributed by atoms with Crippen LogP contribution >= 0.6 is 0 Å². The van der Waals surface area contributed by atoms with E-state index < -0.39 is 54.6 Å². The Morgan fingerprint density at radius 3 is 2.30 bits per heavy atom. The van der Waals surface area contributed by atoms with Crippen LogP contribution in [0.15, 0.2) is 54.9 Å². The van der Waals surface area contributed by atoms with Gasteiger partial charge in [-0.15, -0.1) is 36.5 Å². The van der Waals surface area contributed by atoms with Crippen LogP contribution in [0.2, 0.25) is 0 Å². The number of hydrogen-bond acceptors (Lipinski definition) is 8. The van der Waals surface area contributed by atoms with Gasteiger partial charge >= 0.3 is 12.7 Å². The molecule has 2 aromatic heterocycles. The van der Waals surface area contributed by atoms with E-state index in [0.717, 1.165) is 35.0 Å². The second kappa shape index (κ2) is 14.2. The second-order valence-electron chi connectivity index (χ2n) is 9.48. The molecule has 0 spiro atoms. The Morgan fingerprint density at radius 1 is 0.891 bits per heavy atom. The fourth-order valence-electron chi connectivity index (χ4n) is 3.90. The number of nitrogens with zero attached hydrogens (tertiary/aromatic N) is 6. The quantitative estimate of drug-likeness (QED) is 0.202. The molecule has 12 nitrogen and oxygen atoms in total. The normalized spacial score (nSPS) is 12.4. The number of rotatable bonds is 13. The van der Waals surface area contributed by atoms with Gasteiger partial charge < -0.3 is 20.1 Å². The number of carbonyl (C=O) groups excluding carboxylic acids is 2. The molecule has 0 radical (unpaired) electrons. The first-order valence-electron chi connectivity index (χ1n) is 13.0. The van der Waals surface area contributed by atoms with Crippen molar-refractivity contribution in [2.24, 2.45) is 0 Å². The van der Waals surface area contributed by atoms with Crippen molar-refractivity contribution in [2.75, 3.05) is 5.32 Å². The number of carbonyl (C=O) groups is 2. The van der Waals surface area contributed by atoms with Crippen molar-refractivity contribution in [2.45, 2.75) is 51.4 Å². The number of aryl methyl sites for hydroxylation is 1. The summed E-state index contributed by atoms with van der Waals surface area (Å²) < 4.78 is 113. The first-order chi connectivity index (χ1) is 21.6. The van der Waals surface area contributed by atoms with Crippen LogP contribution in [0.25, 0.3) is 0 Å². The standard InChI is InChI=1S/C26H22F8N8O4/c27-17(12-42-14-22(38-40-42)36-23(43)9-15-2-1-3-18(8-15)45-25(29,30)31)6-7-41-13-21(37-39-41)24(44)35-11-16-10-19(4-5-20(16)28)46-26(32,33)34/h1-5,8,10,13-14,17H,6-7,9,11-12H2,(H,35,44)(H,36,43). The summed E-state index contributed by atoms with van der Waals surface area (Å²) in [5, 5.41) is 19.5. The molecule has 4 rings (SSSR count). The van der Waals surface area contributed by atoms with Crippen molar-refractivity contribution < 1.29 is 54.2 Å². The highest BCUT2D eigenvalue weighted by Crippen LogP contribution is 2.25. The maximum atomic E-state index is 14.6. The van der Waals surface area contributed by atoms with Crippen molar-refractivity contribution in [3.8, 4) is 11.5 Å². The van der Waals surface area contributed by atoms with Crippen molar-refractivity contribution in [3.05, 3.63) is 77.5 Å². The van der Waals surface area contributed by atoms with E-state index in [1.807, 2.05) is 0 Å². The molecule has 0 saturated heterocycles. The Labute approximate surface area is 253 Å². The average molecular weight is 662 g/mol. The number of alkyl halides is 7. The lowest BCUT2D eigenvalue weighted by molar-refractivity contribution is -0.275. The van der Waals surface area contributed by atoms with Gasteiger partial charge in [0.1, 0.15) is 23.5 Å². The van der Waals surface area contributed by atoms with Gasteiger partial charge in [-0.1, -0.05) is 22.6 Å². The van der Waals surface area contributed by atoms with Crippen LogP contribution < -0.4 is 20.1 Å². The molecule has 0 bridgehead atoms. The van der Waals surface area contributed by atoms with Gasteiger partial charge in [0.2, 0.25) is 5.91 Å². The minimum atomic E-state index is -4.98. The van der Waals surface area contributed by atoms with Crippen molar-refractivity contribution in [3.63, 3.8) is 0 Å². The van der Waals surface area contributed by atoms with E-state index in [1.165, 1.54) is 29.2 Å². The Balaban J connectivity index is 1.21. The van der Waals surface area contributed by atoms with E-state index in [0.29, 0.717) is 0 Å². The molecule has 0 aliphatic rings. The smallest absolute Gasteiger partial charge is 0.406 e. The maximum Gasteiger partial charge on any atom is 0.573 e. The Morgan fingerprint density at radius 2 is 1.59 bits per heavy atom. The van der Waals surface area contributed by atoms with Crippen molar-refractivity contribution in [1.29, 1.82) is 0 Å². The molecule has 0 aliphatic carbocycles. The van der Waals surface area contributed by atoms with Gasteiger partial charge in [0.05, 0.1) is 25.4 Å². The van der Waals surface area contributed by atoms with Gasteiger partial charge in [0.15, 0.2) is 11.5 Å². The number of aromatic nitrogens is 6. The lowest BCUT2D eigenvalue weighted by Gasteiger charge is -2.11. The minimum absolute atomic E-state index is 0.0219. The summed E-state index contributed by atoms with van der Waals surface area (Å²) in [4.78, 5) is 24.6. The van der Waals surface area contributed by atoms with Gasteiger partial charge in [-0.3, -0.25) is 14.3 Å². The third-order valence-corrected chi connectivity index (χ3v) is 5.82. The first kappa shape index (κ1) is 33.6. The van der Waals surface area contributed by atoms with Crippen LogP contribution in [0.4, 0.5) is 40.9 Å². The molecule has 2 heterocycles. The molecule has 0 aliphatic heterocycles. The molecule has 46 heavy (non-hydrogen) atoms. The average Bonchev–Trinajstić information content (AvgIpc) is 3.60. The molecule has 20 heteroatoms. The highest BCUT2D eigenvalue weighted by Gasteiger charge is 2.32. The fraction of sp³-hybridized carbons (Fsp3) is 0.308. The van der Waals surface area contributed by atoms with Gasteiger partial charge in [0.25, 0.3) is 5.91 Å². The number of hydrogen-bond donors (Lipinski definition) is 2. The Kier molecular flexibility index (Phi) is 10.4. The lowest BCUT2D eigenvalue weighted by atomic mass is 10.1. The van der Waals surface area contributed by atoms with E-state index in [9.17, 15) is 44.7 Å². The summed E-state index contributed by atoms with van der Waals surface area (Å²) in [6.45, 7) is -0.781. The predicted molar refractivity (Wildman–Crippen MR) is 139 cm³/mol. The van der Waals surface area contributed by atoms with E-state index in [1.54, 1.807) is 0 Å². The van der Waals surface area contributed by atoms with Gasteiger partial charge in [0, 0.05) is 25.1 Å². The SMILES string of the molecule is O=C(Cc1cccc(OC(F)(F)F)c1)Nc1cn(CC(F)CCn2cc(C(=O)NCc3cc(OC(F)(F)F)ccc3F)nn2)nn1. The number of anilines is 1. The van der Waals surface area contributed by atoms with Crippen LogP contribution in [0, 0.1) is 5.82 Å². The topological polar surface area (TPSA) is 138 Å². The third kappa shape index (κ3) is 10.7. The number of nitrogens with one attached hydrogen (secondary N) is 2. The molecule has 0 fully saturated rings. The summed E-state index contributed by atoms with van der Waals surface area (Å²) in [7, 11) is 0. The predicted octanol–water partition coefficient (Wildman–Crippen LogP) is 4.35. The van der Waals surface area contributed by atoms with Crippen LogP contribution in [-0.4, -0.2) is 60.7 Å². The van der Waals surface area contributed by atoms with Crippen LogP contribution in [0.5, 0.6) is 11.5 Å². The molecule has 0 saturated carbocycles. The van der Waals surface area contributed by atoms with E-state index in [4.69, 9.17) is 0 Å². The molecule has 246 valence electrons. The molecule has 4 aromatic rings. The molecule has 2 N–H and O–H groups in total. The van der Waals surface area contributed by atoms with E-state index in [-0.39, 0.29) is 48.6 Å². The minimum Gasteiger partial charge on any atom is -0.406 e. The summed E-state index contributed by atoms with van der Waals surface area (Å²) in [6.07, 6.45) is -9.33. The maximum absolute atomic E-state index is 14.6. The highest BCUT2D eigenvalue weighted by molar-refractivity contribution is 5.92. The summed E-state index contributed by atoms with van der Waals surface area (Å²) in [6, 6.07) is 7.19. The highest BCUT2D eigenvalue weighted by atomic mass is 19.4. The van der Waals surface area contributed by atoms with Gasteiger partial charge in [-0.05, 0) is 35.9 Å². The number of benzene rings is 2. The van der Waals surface area contributed by atoms with Crippen LogP contribution in [-0.2, 0) is 30.8 Å². The summed E-state index contributed by atoms with van der Waals surface area (Å²) in [5.41, 5.74) is -0.249. The summed E-state index contributed by atoms with van der Waals surface area (Å²) in [5.74, 6) is -3.48. The monoisotopic (exact) mass is 662 g/mol. The second-order valence-corrected chi connectivity index (χ2v) is 9.48. The molecule has 1 unspecified atom stereocenters. The van der Waals surface area contributed by atoms with Crippen molar-refractivity contribution >= 4 is 17.6 Å². The van der Waals surface area contributed by atoms with Crippen molar-refractivity contribution in [1.82, 2.24) is 35.3 Å². The molecule has 2 aromatic carbocycles. The fourth-order valence-corrected chi connectivity index (χ4v) is 3.90. The number of halogens is 8. The Bertz CT molecular complexity index is 1660. The van der Waals surface area contributed by atoms with Gasteiger partial charge in [-0.2, -0.15) is 0 Å². The molecular weight excluding hydrogens is 640 g/mol. The first-order valence-corrected chi connectivity index (χ1v) is 13.0. The van der Waals surface area contributed by atoms with Gasteiger partial charge in [-0.25, -0.2) is 13.5 Å². The van der Waals surface area contributed by atoms with Crippen LogP contribution in [0.1, 0.15) is 28.0 Å². The molecule has 1 atom stereocenters. The third-order valence-electron chi connectivity index (χ3n) is 5.82.